The van der Waals surface area contributed by atoms with E-state index in [0.717, 1.165) is 10.5 Å². The lowest BCUT2D eigenvalue weighted by molar-refractivity contribution is -0.277. The second-order valence-corrected chi connectivity index (χ2v) is 22.7. The van der Waals surface area contributed by atoms with E-state index in [4.69, 9.17) is 33.4 Å². The maximum Gasteiger partial charge on any atom is 0.343 e. The second-order valence-electron chi connectivity index (χ2n) is 21.5. The zero-order valence-electron chi connectivity index (χ0n) is 43.3. The number of Topliss-reactive ketones (excluding diaryl/α,β-unsaturated/α-hetero) is 1. The topological polar surface area (TPSA) is 220 Å². The summed E-state index contributed by atoms with van der Waals surface area (Å²) in [5.74, 6) is -2.77. The largest absolute Gasteiger partial charge is 0.482 e. The standard InChI is InChI=1S/C58H67NO14S/c1-29(2)13-12-24-56(8)25-23-36-48(72-56)35(21-16-30(3)4)50-42(49(36)71-54(66)33-17-19-34(20-18-33)69-55-47(63)46(62)45(61)40(28-60)70-55)44-43-51(74-41-15-11-10-14-39(41)59-44)37-27-38(31(5)6)58(43,73-50)57(67,52(37)64)26-22-32(7)53(65)68-9/h10-11,13-20,22-23,25,31,37-38,40,43,45-47,51,55,60-63,67H,12,21,24,26-28H2,1-9H3/t37?,38?,40-,43?,45-,46+,47-,51?,55-,56?,57?,58?/m1/s1. The average Bonchev–Trinajstić information content (AvgIpc) is 3.55. The monoisotopic (exact) mass is 1030 g/mol. The van der Waals surface area contributed by atoms with Crippen LogP contribution in [0.3, 0.4) is 0 Å². The number of aliphatic hydroxyl groups excluding tert-OH is 4. The first-order valence-corrected chi connectivity index (χ1v) is 26.3. The Kier molecular flexibility index (Phi) is 14.8. The van der Waals surface area contributed by atoms with Crippen molar-refractivity contribution < 1.29 is 68.3 Å². The summed E-state index contributed by atoms with van der Waals surface area (Å²) in [7, 11) is 1.28. The third-order valence-electron chi connectivity index (χ3n) is 15.6. The molecule has 4 aliphatic heterocycles. The molecular formula is C58H67NO14S. The summed E-state index contributed by atoms with van der Waals surface area (Å²) in [6, 6.07) is 13.6. The predicted molar refractivity (Wildman–Crippen MR) is 278 cm³/mol. The smallest absolute Gasteiger partial charge is 0.343 e. The number of fused-ring (bicyclic) bond motifs is 6. The molecule has 5 N–H and O–H groups in total. The average molecular weight is 1030 g/mol. The molecule has 4 fully saturated rings. The van der Waals surface area contributed by atoms with Gasteiger partial charge in [-0.2, -0.15) is 0 Å². The van der Waals surface area contributed by atoms with E-state index in [9.17, 15) is 35.1 Å². The number of aliphatic imine (C=N–C) groups is 1. The van der Waals surface area contributed by atoms with Crippen LogP contribution in [0.4, 0.5) is 5.69 Å². The molecule has 0 aromatic heterocycles. The highest BCUT2D eigenvalue weighted by molar-refractivity contribution is 8.00. The summed E-state index contributed by atoms with van der Waals surface area (Å²) in [6.07, 6.45) is 3.96. The summed E-state index contributed by atoms with van der Waals surface area (Å²) in [5.41, 5.74) is 0.427. The molecule has 15 nitrogen and oxygen atoms in total. The van der Waals surface area contributed by atoms with E-state index in [1.54, 1.807) is 13.0 Å². The van der Waals surface area contributed by atoms with Crippen molar-refractivity contribution in [1.29, 1.82) is 0 Å². The van der Waals surface area contributed by atoms with Gasteiger partial charge >= 0.3 is 11.9 Å². The minimum atomic E-state index is -2.18. The highest BCUT2D eigenvalue weighted by Gasteiger charge is 2.78. The summed E-state index contributed by atoms with van der Waals surface area (Å²) < 4.78 is 38.2. The number of hydrogen-bond acceptors (Lipinski definition) is 16. The van der Waals surface area contributed by atoms with Crippen molar-refractivity contribution in [3.05, 3.63) is 112 Å². The third kappa shape index (κ3) is 9.13. The minimum absolute atomic E-state index is 0.105. The fourth-order valence-electron chi connectivity index (χ4n) is 11.7. The SMILES string of the molecule is COC(=O)C(C)=CCC1(O)C(=O)C2CC(C(C)C)C13Oc1c(CC=C(C)C)c4c(c(OC(=O)c5ccc(O[C@@H]6O[C@H](CO)[C@@H](O)[C@H](O)[C@H]6O)cc5)c1C1=Nc5ccccc5SC2C13)C=CC(C)(CCC=C(C)C)O4. The lowest BCUT2D eigenvalue weighted by Gasteiger charge is -2.67. The number of benzene rings is 3. The van der Waals surface area contributed by atoms with Crippen molar-refractivity contribution in [2.75, 3.05) is 13.7 Å². The molecule has 2 bridgehead atoms. The Hall–Kier alpha value is -5.59. The van der Waals surface area contributed by atoms with Crippen molar-refractivity contribution in [2.24, 2.45) is 28.7 Å². The van der Waals surface area contributed by atoms with E-state index in [1.165, 1.54) is 48.7 Å². The van der Waals surface area contributed by atoms with Crippen LogP contribution in [0.2, 0.25) is 0 Å². The molecule has 74 heavy (non-hydrogen) atoms. The number of hydrogen-bond donors (Lipinski definition) is 5. The maximum absolute atomic E-state index is 15.5. The van der Waals surface area contributed by atoms with Gasteiger partial charge < -0.3 is 54.0 Å². The Morgan fingerprint density at radius 3 is 2.32 bits per heavy atom. The first-order chi connectivity index (χ1) is 35.2. The van der Waals surface area contributed by atoms with Crippen LogP contribution in [0.1, 0.15) is 108 Å². The van der Waals surface area contributed by atoms with Gasteiger partial charge in [0.15, 0.2) is 22.7 Å². The number of esters is 2. The molecule has 7 aliphatic rings. The van der Waals surface area contributed by atoms with Crippen molar-refractivity contribution in [2.45, 2.75) is 145 Å². The quantitative estimate of drug-likeness (QED) is 0.0448. The Balaban J connectivity index is 1.27. The van der Waals surface area contributed by atoms with E-state index in [1.807, 2.05) is 71.0 Å². The number of thioether (sulfide) groups is 1. The molecule has 0 radical (unpaired) electrons. The zero-order valence-corrected chi connectivity index (χ0v) is 44.1. The van der Waals surface area contributed by atoms with Crippen LogP contribution in [0.5, 0.6) is 23.0 Å². The number of ether oxygens (including phenoxy) is 6. The number of nitrogens with zero attached hydrogens (tertiary/aromatic N) is 1. The second kappa shape index (κ2) is 20.5. The predicted octanol–water partition coefficient (Wildman–Crippen LogP) is 7.96. The van der Waals surface area contributed by atoms with Crippen LogP contribution in [-0.2, 0) is 25.5 Å². The summed E-state index contributed by atoms with van der Waals surface area (Å²) in [4.78, 5) is 49.6. The molecule has 3 aromatic rings. The van der Waals surface area contributed by atoms with Gasteiger partial charge in [0.05, 0.1) is 47.7 Å². The molecule has 0 amide bonds. The number of methoxy groups -OCH3 is 1. The van der Waals surface area contributed by atoms with E-state index < -0.39 is 89.1 Å². The molecule has 4 heterocycles. The van der Waals surface area contributed by atoms with Crippen molar-refractivity contribution in [1.82, 2.24) is 0 Å². The van der Waals surface area contributed by atoms with Gasteiger partial charge in [0.2, 0.25) is 6.29 Å². The van der Waals surface area contributed by atoms with Crippen molar-refractivity contribution >= 4 is 47.0 Å². The number of ketones is 1. The molecule has 16 heteroatoms. The van der Waals surface area contributed by atoms with E-state index in [-0.39, 0.29) is 46.5 Å². The Morgan fingerprint density at radius 2 is 1.65 bits per heavy atom. The fraction of sp³-hybridized carbons (Fsp3) is 0.483. The van der Waals surface area contributed by atoms with Crippen LogP contribution < -0.4 is 18.9 Å². The van der Waals surface area contributed by atoms with Crippen LogP contribution in [0.15, 0.2) is 99.4 Å². The number of carbonyl (C=O) groups is 3. The molecule has 7 unspecified atom stereocenters. The summed E-state index contributed by atoms with van der Waals surface area (Å²) >= 11 is 1.54. The molecule has 1 saturated heterocycles. The molecule has 3 saturated carbocycles. The Bertz CT molecular complexity index is 2880. The lowest BCUT2D eigenvalue weighted by atomic mass is 9.44. The normalized spacial score (nSPS) is 31.3. The summed E-state index contributed by atoms with van der Waals surface area (Å²) in [6.45, 7) is 15.2. The van der Waals surface area contributed by atoms with Crippen LogP contribution >= 0.6 is 11.8 Å². The number of para-hydroxylation sites is 1. The van der Waals surface area contributed by atoms with Crippen molar-refractivity contribution in [3.63, 3.8) is 0 Å². The van der Waals surface area contributed by atoms with E-state index >= 15 is 4.79 Å². The Morgan fingerprint density at radius 1 is 0.932 bits per heavy atom. The van der Waals surface area contributed by atoms with Gasteiger partial charge in [-0.05, 0) is 122 Å². The lowest BCUT2D eigenvalue weighted by Crippen LogP contribution is -2.82. The van der Waals surface area contributed by atoms with Gasteiger partial charge in [0, 0.05) is 39.5 Å². The number of allylic oxidation sites excluding steroid dienone is 4. The molecule has 3 aromatic carbocycles. The molecule has 12 atom stereocenters. The van der Waals surface area contributed by atoms with Gasteiger partial charge in [0.1, 0.15) is 47.3 Å². The van der Waals surface area contributed by atoms with Gasteiger partial charge in [-0.15, -0.1) is 11.8 Å². The third-order valence-corrected chi connectivity index (χ3v) is 17.0. The highest BCUT2D eigenvalue weighted by atomic mass is 32.2. The first kappa shape index (κ1) is 53.2. The summed E-state index contributed by atoms with van der Waals surface area (Å²) in [5, 5.41) is 54.3. The Labute approximate surface area is 436 Å². The van der Waals surface area contributed by atoms with E-state index in [2.05, 4.69) is 26.0 Å². The van der Waals surface area contributed by atoms with Crippen LogP contribution in [-0.4, -0.2) is 115 Å². The zero-order chi connectivity index (χ0) is 53.2. The molecule has 394 valence electrons. The molecular weight excluding hydrogens is 967 g/mol. The van der Waals surface area contributed by atoms with Crippen LogP contribution in [0, 0.1) is 23.7 Å². The first-order valence-electron chi connectivity index (χ1n) is 25.4. The number of carbonyl (C=O) groups excluding carboxylic acids is 3. The van der Waals surface area contributed by atoms with Gasteiger partial charge in [-0.25, -0.2) is 9.59 Å². The fourth-order valence-corrected chi connectivity index (χ4v) is 13.2. The van der Waals surface area contributed by atoms with Gasteiger partial charge in [-0.1, -0.05) is 55.4 Å². The number of rotatable bonds is 14. The van der Waals surface area contributed by atoms with Crippen LogP contribution in [0.25, 0.3) is 6.08 Å². The molecule has 1 spiro atoms. The minimum Gasteiger partial charge on any atom is -0.482 e. The maximum atomic E-state index is 15.5. The highest BCUT2D eigenvalue weighted by Crippen LogP contribution is 2.68. The van der Waals surface area contributed by atoms with E-state index in [0.29, 0.717) is 59.5 Å². The van der Waals surface area contributed by atoms with Gasteiger partial charge in [-0.3, -0.25) is 9.79 Å². The molecule has 10 rings (SSSR count). The van der Waals surface area contributed by atoms with Gasteiger partial charge in [0.25, 0.3) is 0 Å². The number of aliphatic hydroxyl groups is 5. The van der Waals surface area contributed by atoms with Crippen molar-refractivity contribution in [3.8, 4) is 23.0 Å². The molecule has 3 aliphatic carbocycles.